The molecule has 0 atom stereocenters. The molecule has 1 aromatic rings. The third-order valence-corrected chi connectivity index (χ3v) is 7.26. The molecular formula is C21H30N4O. The Morgan fingerprint density at radius 1 is 1.12 bits per heavy atom. The molecule has 0 spiro atoms. The summed E-state index contributed by atoms with van der Waals surface area (Å²) in [5.74, 6) is 3.74. The van der Waals surface area contributed by atoms with Crippen LogP contribution >= 0.6 is 0 Å². The number of anilines is 1. The van der Waals surface area contributed by atoms with Crippen LogP contribution < -0.4 is 10.2 Å². The van der Waals surface area contributed by atoms with Crippen LogP contribution in [0.25, 0.3) is 0 Å². The fraction of sp³-hybridized carbons (Fsp3) is 0.762. The quantitative estimate of drug-likeness (QED) is 0.881. The lowest BCUT2D eigenvalue weighted by atomic mass is 9.49. The molecule has 1 amide bonds. The van der Waals surface area contributed by atoms with E-state index in [0.29, 0.717) is 12.0 Å². The Hall–Kier alpha value is -1.65. The molecule has 0 radical (unpaired) electrons. The van der Waals surface area contributed by atoms with Gasteiger partial charge in [-0.05, 0) is 80.6 Å². The van der Waals surface area contributed by atoms with E-state index < -0.39 is 0 Å². The molecule has 4 aliphatic carbocycles. The molecule has 5 nitrogen and oxygen atoms in total. The maximum atomic E-state index is 12.7. The van der Waals surface area contributed by atoms with E-state index in [1.165, 1.54) is 51.4 Å². The predicted molar refractivity (Wildman–Crippen MR) is 101 cm³/mol. The van der Waals surface area contributed by atoms with E-state index in [1.807, 2.05) is 12.3 Å². The minimum Gasteiger partial charge on any atom is -0.350 e. The van der Waals surface area contributed by atoms with E-state index in [2.05, 4.69) is 20.2 Å². The molecule has 5 heteroatoms. The summed E-state index contributed by atoms with van der Waals surface area (Å²) in [4.78, 5) is 24.0. The summed E-state index contributed by atoms with van der Waals surface area (Å²) < 4.78 is 0. The standard InChI is InChI=1S/C21H30N4O/c26-19(13-21-10-15-7-16(11-21)9-17(8-15)12-21)23-14-18-3-4-22-20(24-18)25-5-1-2-6-25/h3-4,15-17H,1-2,5-14H2,(H,23,26). The lowest BCUT2D eigenvalue weighted by Gasteiger charge is -2.56. The van der Waals surface area contributed by atoms with Crippen molar-refractivity contribution in [3.05, 3.63) is 18.0 Å². The van der Waals surface area contributed by atoms with Crippen molar-refractivity contribution in [2.45, 2.75) is 64.3 Å². The van der Waals surface area contributed by atoms with Crippen molar-refractivity contribution in [3.8, 4) is 0 Å². The molecule has 5 fully saturated rings. The van der Waals surface area contributed by atoms with Crippen molar-refractivity contribution in [2.75, 3.05) is 18.0 Å². The van der Waals surface area contributed by atoms with Crippen molar-refractivity contribution in [2.24, 2.45) is 23.2 Å². The zero-order valence-electron chi connectivity index (χ0n) is 15.6. The summed E-state index contributed by atoms with van der Waals surface area (Å²) in [6.07, 6.45) is 13.1. The molecule has 4 bridgehead atoms. The van der Waals surface area contributed by atoms with E-state index in [9.17, 15) is 4.79 Å². The van der Waals surface area contributed by atoms with Gasteiger partial charge in [-0.25, -0.2) is 9.97 Å². The molecule has 1 saturated heterocycles. The van der Waals surface area contributed by atoms with Gasteiger partial charge in [0.25, 0.3) is 0 Å². The molecule has 6 rings (SSSR count). The maximum Gasteiger partial charge on any atom is 0.225 e. The third kappa shape index (κ3) is 3.21. The van der Waals surface area contributed by atoms with Crippen LogP contribution in [0.3, 0.4) is 0 Å². The highest BCUT2D eigenvalue weighted by Gasteiger charge is 2.51. The summed E-state index contributed by atoms with van der Waals surface area (Å²) in [5.41, 5.74) is 1.23. The van der Waals surface area contributed by atoms with Crippen LogP contribution in [0.1, 0.15) is 63.5 Å². The highest BCUT2D eigenvalue weighted by Crippen LogP contribution is 2.61. The van der Waals surface area contributed by atoms with Crippen LogP contribution in [0.4, 0.5) is 5.95 Å². The Bertz CT molecular complexity index is 647. The molecule has 0 unspecified atom stereocenters. The molecule has 140 valence electrons. The molecule has 1 aromatic heterocycles. The predicted octanol–water partition coefficient (Wildman–Crippen LogP) is 3.30. The van der Waals surface area contributed by atoms with Crippen molar-refractivity contribution in [1.82, 2.24) is 15.3 Å². The van der Waals surface area contributed by atoms with Crippen molar-refractivity contribution < 1.29 is 4.79 Å². The zero-order chi connectivity index (χ0) is 17.6. The van der Waals surface area contributed by atoms with Gasteiger partial charge < -0.3 is 10.2 Å². The van der Waals surface area contributed by atoms with Crippen molar-refractivity contribution in [3.63, 3.8) is 0 Å². The Balaban J connectivity index is 1.18. The van der Waals surface area contributed by atoms with Gasteiger partial charge in [-0.15, -0.1) is 0 Å². The molecule has 26 heavy (non-hydrogen) atoms. The summed E-state index contributed by atoms with van der Waals surface area (Å²) in [6.45, 7) is 2.61. The summed E-state index contributed by atoms with van der Waals surface area (Å²) >= 11 is 0. The number of hydrogen-bond donors (Lipinski definition) is 1. The average Bonchev–Trinajstić information content (AvgIpc) is 3.13. The van der Waals surface area contributed by atoms with E-state index in [0.717, 1.165) is 48.9 Å². The second kappa shape index (κ2) is 6.50. The molecule has 0 aromatic carbocycles. The molecule has 1 N–H and O–H groups in total. The molecular weight excluding hydrogens is 324 g/mol. The summed E-state index contributed by atoms with van der Waals surface area (Å²) in [6, 6.07) is 1.92. The van der Waals surface area contributed by atoms with Crippen LogP contribution in [-0.4, -0.2) is 29.0 Å². The molecule has 2 heterocycles. The first-order valence-electron chi connectivity index (χ1n) is 10.5. The Kier molecular flexibility index (Phi) is 4.13. The van der Waals surface area contributed by atoms with Crippen LogP contribution in [-0.2, 0) is 11.3 Å². The number of hydrogen-bond acceptors (Lipinski definition) is 4. The van der Waals surface area contributed by atoms with Crippen LogP contribution in [0, 0.1) is 23.2 Å². The minimum atomic E-state index is 0.216. The fourth-order valence-corrected chi connectivity index (χ4v) is 6.65. The maximum absolute atomic E-state index is 12.7. The number of amides is 1. The number of carbonyl (C=O) groups is 1. The fourth-order valence-electron chi connectivity index (χ4n) is 6.65. The van der Waals surface area contributed by atoms with E-state index >= 15 is 0 Å². The number of aromatic nitrogens is 2. The second-order valence-corrected chi connectivity index (χ2v) is 9.41. The first kappa shape index (κ1) is 16.5. The van der Waals surface area contributed by atoms with Gasteiger partial charge in [0.15, 0.2) is 0 Å². The lowest BCUT2D eigenvalue weighted by Crippen LogP contribution is -2.48. The minimum absolute atomic E-state index is 0.216. The molecule has 5 aliphatic rings. The second-order valence-electron chi connectivity index (χ2n) is 9.41. The van der Waals surface area contributed by atoms with Crippen molar-refractivity contribution >= 4 is 11.9 Å². The zero-order valence-corrected chi connectivity index (χ0v) is 15.6. The average molecular weight is 354 g/mol. The van der Waals surface area contributed by atoms with Gasteiger partial charge in [0.2, 0.25) is 11.9 Å². The molecule has 1 aliphatic heterocycles. The van der Waals surface area contributed by atoms with E-state index in [4.69, 9.17) is 0 Å². The number of rotatable bonds is 5. The van der Waals surface area contributed by atoms with Gasteiger partial charge in [-0.2, -0.15) is 0 Å². The topological polar surface area (TPSA) is 58.1 Å². The van der Waals surface area contributed by atoms with E-state index in [1.54, 1.807) is 0 Å². The lowest BCUT2D eigenvalue weighted by molar-refractivity contribution is -0.129. The number of nitrogens with one attached hydrogen (secondary N) is 1. The SMILES string of the molecule is O=C(CC12CC3CC(CC(C3)C1)C2)NCc1ccnc(N2CCCC2)n1. The van der Waals surface area contributed by atoms with Gasteiger partial charge in [0.05, 0.1) is 12.2 Å². The van der Waals surface area contributed by atoms with Crippen LogP contribution in [0.15, 0.2) is 12.3 Å². The number of carbonyl (C=O) groups excluding carboxylic acids is 1. The van der Waals surface area contributed by atoms with E-state index in [-0.39, 0.29) is 5.91 Å². The number of nitrogens with zero attached hydrogens (tertiary/aromatic N) is 3. The summed E-state index contributed by atoms with van der Waals surface area (Å²) in [7, 11) is 0. The normalized spacial score (nSPS) is 35.1. The molecule has 4 saturated carbocycles. The first-order chi connectivity index (χ1) is 12.7. The van der Waals surface area contributed by atoms with Gasteiger partial charge in [-0.3, -0.25) is 4.79 Å². The third-order valence-electron chi connectivity index (χ3n) is 7.26. The van der Waals surface area contributed by atoms with Gasteiger partial charge in [0.1, 0.15) is 0 Å². The van der Waals surface area contributed by atoms with Crippen LogP contribution in [0.2, 0.25) is 0 Å². The Labute approximate surface area is 156 Å². The van der Waals surface area contributed by atoms with Gasteiger partial charge in [0, 0.05) is 25.7 Å². The highest BCUT2D eigenvalue weighted by molar-refractivity contribution is 5.76. The Morgan fingerprint density at radius 3 is 2.42 bits per heavy atom. The Morgan fingerprint density at radius 2 is 1.77 bits per heavy atom. The largest absolute Gasteiger partial charge is 0.350 e. The van der Waals surface area contributed by atoms with Crippen molar-refractivity contribution in [1.29, 1.82) is 0 Å². The first-order valence-corrected chi connectivity index (χ1v) is 10.5. The highest BCUT2D eigenvalue weighted by atomic mass is 16.1. The van der Waals surface area contributed by atoms with Gasteiger partial charge in [-0.1, -0.05) is 0 Å². The van der Waals surface area contributed by atoms with Gasteiger partial charge >= 0.3 is 0 Å². The summed E-state index contributed by atoms with van der Waals surface area (Å²) in [5, 5.41) is 3.14. The smallest absolute Gasteiger partial charge is 0.225 e. The monoisotopic (exact) mass is 354 g/mol. The van der Waals surface area contributed by atoms with Crippen LogP contribution in [0.5, 0.6) is 0 Å².